The van der Waals surface area contributed by atoms with E-state index < -0.39 is 0 Å². The molecule has 1 rings (SSSR count). The van der Waals surface area contributed by atoms with Crippen LogP contribution in [0, 0.1) is 5.92 Å². The van der Waals surface area contributed by atoms with Gasteiger partial charge in [-0.15, -0.1) is 0 Å². The SMILES string of the molecule is C=C(C)N1CCC(N)C(C)C1. The van der Waals surface area contributed by atoms with E-state index in [0.717, 1.165) is 19.5 Å². The van der Waals surface area contributed by atoms with Crippen LogP contribution >= 0.6 is 0 Å². The maximum Gasteiger partial charge on any atom is 0.0215 e. The van der Waals surface area contributed by atoms with Gasteiger partial charge < -0.3 is 10.6 Å². The molecule has 1 aliphatic heterocycles. The molecule has 1 heterocycles. The zero-order chi connectivity index (χ0) is 8.43. The van der Waals surface area contributed by atoms with Gasteiger partial charge in [0.25, 0.3) is 0 Å². The number of hydrogen-bond acceptors (Lipinski definition) is 2. The van der Waals surface area contributed by atoms with E-state index in [0.29, 0.717) is 12.0 Å². The summed E-state index contributed by atoms with van der Waals surface area (Å²) in [7, 11) is 0. The average Bonchev–Trinajstić information content (AvgIpc) is 1.94. The molecule has 0 radical (unpaired) electrons. The first-order chi connectivity index (χ1) is 5.11. The van der Waals surface area contributed by atoms with E-state index in [9.17, 15) is 0 Å². The van der Waals surface area contributed by atoms with Crippen molar-refractivity contribution in [2.45, 2.75) is 26.3 Å². The Labute approximate surface area is 69.1 Å². The summed E-state index contributed by atoms with van der Waals surface area (Å²) in [6, 6.07) is 0.394. The van der Waals surface area contributed by atoms with E-state index in [-0.39, 0.29) is 0 Å². The highest BCUT2D eigenvalue weighted by molar-refractivity contribution is 4.93. The lowest BCUT2D eigenvalue weighted by atomic mass is 9.95. The molecule has 2 unspecified atom stereocenters. The second kappa shape index (κ2) is 3.26. The van der Waals surface area contributed by atoms with Crippen LogP contribution in [0.2, 0.25) is 0 Å². The molecule has 2 atom stereocenters. The zero-order valence-corrected chi connectivity index (χ0v) is 7.51. The summed E-state index contributed by atoms with van der Waals surface area (Å²) < 4.78 is 0. The number of piperidine rings is 1. The lowest BCUT2D eigenvalue weighted by Crippen LogP contribution is -2.44. The van der Waals surface area contributed by atoms with Gasteiger partial charge >= 0.3 is 0 Å². The molecule has 11 heavy (non-hydrogen) atoms. The van der Waals surface area contributed by atoms with Crippen molar-refractivity contribution in [3.63, 3.8) is 0 Å². The Bertz CT molecular complexity index is 154. The first kappa shape index (κ1) is 8.60. The Balaban J connectivity index is 2.46. The second-order valence-corrected chi connectivity index (χ2v) is 3.61. The molecule has 0 aromatic heterocycles. The van der Waals surface area contributed by atoms with Gasteiger partial charge in [0.1, 0.15) is 0 Å². The van der Waals surface area contributed by atoms with Gasteiger partial charge in [-0.05, 0) is 19.3 Å². The average molecular weight is 154 g/mol. The molecule has 0 amide bonds. The van der Waals surface area contributed by atoms with Gasteiger partial charge in [-0.3, -0.25) is 0 Å². The minimum Gasteiger partial charge on any atom is -0.375 e. The van der Waals surface area contributed by atoms with Crippen molar-refractivity contribution in [2.75, 3.05) is 13.1 Å². The highest BCUT2D eigenvalue weighted by Crippen LogP contribution is 2.17. The van der Waals surface area contributed by atoms with Gasteiger partial charge in [-0.1, -0.05) is 13.5 Å². The first-order valence-electron chi connectivity index (χ1n) is 4.27. The van der Waals surface area contributed by atoms with Gasteiger partial charge in [0.2, 0.25) is 0 Å². The predicted octanol–water partition coefficient (Wildman–Crippen LogP) is 1.19. The molecular formula is C9H18N2. The molecule has 0 aromatic rings. The van der Waals surface area contributed by atoms with Crippen LogP contribution in [0.5, 0.6) is 0 Å². The van der Waals surface area contributed by atoms with Crippen molar-refractivity contribution < 1.29 is 0 Å². The maximum atomic E-state index is 5.88. The highest BCUT2D eigenvalue weighted by atomic mass is 15.1. The van der Waals surface area contributed by atoms with Crippen molar-refractivity contribution >= 4 is 0 Å². The van der Waals surface area contributed by atoms with Crippen molar-refractivity contribution in [2.24, 2.45) is 11.7 Å². The molecule has 0 saturated carbocycles. The first-order valence-corrected chi connectivity index (χ1v) is 4.27. The Morgan fingerprint density at radius 1 is 1.64 bits per heavy atom. The number of nitrogens with two attached hydrogens (primary N) is 1. The summed E-state index contributed by atoms with van der Waals surface area (Å²) in [5.41, 5.74) is 7.05. The molecule has 0 aliphatic carbocycles. The largest absolute Gasteiger partial charge is 0.375 e. The van der Waals surface area contributed by atoms with Gasteiger partial charge in [-0.2, -0.15) is 0 Å². The van der Waals surface area contributed by atoms with E-state index in [2.05, 4.69) is 25.3 Å². The lowest BCUT2D eigenvalue weighted by Gasteiger charge is -2.36. The fraction of sp³-hybridized carbons (Fsp3) is 0.778. The Hall–Kier alpha value is -0.500. The Morgan fingerprint density at radius 3 is 2.73 bits per heavy atom. The summed E-state index contributed by atoms with van der Waals surface area (Å²) in [5, 5.41) is 0. The molecule has 2 nitrogen and oxygen atoms in total. The topological polar surface area (TPSA) is 29.3 Å². The van der Waals surface area contributed by atoms with Gasteiger partial charge in [-0.25, -0.2) is 0 Å². The van der Waals surface area contributed by atoms with Crippen LogP contribution in [0.1, 0.15) is 20.3 Å². The monoisotopic (exact) mass is 154 g/mol. The standard InChI is InChI=1S/C9H18N2/c1-7(2)11-5-4-9(10)8(3)6-11/h8-9H,1,4-6,10H2,2-3H3. The van der Waals surface area contributed by atoms with Crippen molar-refractivity contribution in [3.8, 4) is 0 Å². The van der Waals surface area contributed by atoms with Gasteiger partial charge in [0.15, 0.2) is 0 Å². The minimum atomic E-state index is 0.394. The molecule has 1 saturated heterocycles. The summed E-state index contributed by atoms with van der Waals surface area (Å²) >= 11 is 0. The molecule has 1 aliphatic rings. The number of hydrogen-bond donors (Lipinski definition) is 1. The summed E-state index contributed by atoms with van der Waals surface area (Å²) in [5.74, 6) is 0.612. The van der Waals surface area contributed by atoms with Gasteiger partial charge in [0.05, 0.1) is 0 Å². The van der Waals surface area contributed by atoms with E-state index in [4.69, 9.17) is 5.73 Å². The Kier molecular flexibility index (Phi) is 2.55. The van der Waals surface area contributed by atoms with Crippen LogP contribution in [0.4, 0.5) is 0 Å². The van der Waals surface area contributed by atoms with Crippen LogP contribution in [-0.4, -0.2) is 24.0 Å². The smallest absolute Gasteiger partial charge is 0.0215 e. The number of allylic oxidation sites excluding steroid dienone is 1. The Morgan fingerprint density at radius 2 is 2.27 bits per heavy atom. The number of rotatable bonds is 1. The lowest BCUT2D eigenvalue weighted by molar-refractivity contribution is 0.205. The minimum absolute atomic E-state index is 0.394. The van der Waals surface area contributed by atoms with E-state index >= 15 is 0 Å². The van der Waals surface area contributed by atoms with Crippen LogP contribution in [0.15, 0.2) is 12.3 Å². The van der Waals surface area contributed by atoms with E-state index in [1.807, 2.05) is 0 Å². The molecule has 2 heteroatoms. The number of likely N-dealkylation sites (tertiary alicyclic amines) is 1. The van der Waals surface area contributed by atoms with Gasteiger partial charge in [0, 0.05) is 24.8 Å². The molecule has 0 aromatic carbocycles. The zero-order valence-electron chi connectivity index (χ0n) is 7.51. The quantitative estimate of drug-likeness (QED) is 0.614. The van der Waals surface area contributed by atoms with Crippen molar-refractivity contribution in [1.82, 2.24) is 4.90 Å². The third kappa shape index (κ3) is 1.96. The van der Waals surface area contributed by atoms with Crippen LogP contribution < -0.4 is 5.73 Å². The third-order valence-corrected chi connectivity index (χ3v) is 2.51. The van der Waals surface area contributed by atoms with Crippen molar-refractivity contribution in [3.05, 3.63) is 12.3 Å². The number of nitrogens with zero attached hydrogens (tertiary/aromatic N) is 1. The summed E-state index contributed by atoms with van der Waals surface area (Å²) in [4.78, 5) is 2.31. The predicted molar refractivity (Wildman–Crippen MR) is 48.1 cm³/mol. The fourth-order valence-corrected chi connectivity index (χ4v) is 1.51. The van der Waals surface area contributed by atoms with Crippen LogP contribution in [-0.2, 0) is 0 Å². The normalized spacial score (nSPS) is 32.1. The molecule has 1 fully saturated rings. The summed E-state index contributed by atoms with van der Waals surface area (Å²) in [6.45, 7) is 10.4. The van der Waals surface area contributed by atoms with Crippen molar-refractivity contribution in [1.29, 1.82) is 0 Å². The van der Waals surface area contributed by atoms with Crippen LogP contribution in [0.3, 0.4) is 0 Å². The third-order valence-electron chi connectivity index (χ3n) is 2.51. The molecule has 0 bridgehead atoms. The molecule has 64 valence electrons. The van der Waals surface area contributed by atoms with E-state index in [1.165, 1.54) is 5.70 Å². The van der Waals surface area contributed by atoms with Crippen LogP contribution in [0.25, 0.3) is 0 Å². The summed E-state index contributed by atoms with van der Waals surface area (Å²) in [6.07, 6.45) is 1.11. The highest BCUT2D eigenvalue weighted by Gasteiger charge is 2.22. The van der Waals surface area contributed by atoms with E-state index in [1.54, 1.807) is 0 Å². The maximum absolute atomic E-state index is 5.88. The molecule has 2 N–H and O–H groups in total. The second-order valence-electron chi connectivity index (χ2n) is 3.61. The molecule has 0 spiro atoms. The fourth-order valence-electron chi connectivity index (χ4n) is 1.51. The molecular weight excluding hydrogens is 136 g/mol.